The zero-order valence-corrected chi connectivity index (χ0v) is 15.0. The Balaban J connectivity index is 1.79. The summed E-state index contributed by atoms with van der Waals surface area (Å²) in [5.74, 6) is -1.33. The minimum Gasteiger partial charge on any atom is -0.462 e. The van der Waals surface area contributed by atoms with Gasteiger partial charge in [-0.15, -0.1) is 0 Å². The average molecular weight is 380 g/mol. The highest BCUT2D eigenvalue weighted by Gasteiger charge is 2.14. The lowest BCUT2D eigenvalue weighted by molar-refractivity contribution is 0.0527. The minimum atomic E-state index is -0.519. The highest BCUT2D eigenvalue weighted by Crippen LogP contribution is 2.20. The van der Waals surface area contributed by atoms with Crippen molar-refractivity contribution in [3.8, 4) is 0 Å². The standard InChI is InChI=1S/C20H17FN4O3/c1-2-28-19(27)15-8-3-4-9-16(15)24-20-22-11-10-17(25-20)18(26)23-14-7-5-6-13(21)12-14/h3-12H,2H2,1H3,(H,23,26)(H,22,24,25). The maximum atomic E-state index is 13.3. The third kappa shape index (κ3) is 4.67. The number of carbonyl (C=O) groups excluding carboxylic acids is 2. The van der Waals surface area contributed by atoms with Gasteiger partial charge in [0.05, 0.1) is 17.9 Å². The zero-order valence-electron chi connectivity index (χ0n) is 15.0. The molecule has 142 valence electrons. The summed E-state index contributed by atoms with van der Waals surface area (Å²) >= 11 is 0. The van der Waals surface area contributed by atoms with Crippen LogP contribution in [0.2, 0.25) is 0 Å². The molecule has 0 bridgehead atoms. The van der Waals surface area contributed by atoms with Gasteiger partial charge in [-0.25, -0.2) is 19.2 Å². The smallest absolute Gasteiger partial charge is 0.340 e. The summed E-state index contributed by atoms with van der Waals surface area (Å²) in [6, 6.07) is 13.7. The molecule has 0 saturated carbocycles. The number of halogens is 1. The number of anilines is 3. The summed E-state index contributed by atoms with van der Waals surface area (Å²) in [5.41, 5.74) is 1.16. The van der Waals surface area contributed by atoms with Crippen LogP contribution in [-0.2, 0) is 4.74 Å². The molecule has 7 nitrogen and oxygen atoms in total. The first-order valence-corrected chi connectivity index (χ1v) is 8.50. The molecule has 0 unspecified atom stereocenters. The van der Waals surface area contributed by atoms with E-state index in [-0.39, 0.29) is 18.2 Å². The van der Waals surface area contributed by atoms with Gasteiger partial charge in [0.25, 0.3) is 5.91 Å². The molecule has 0 atom stereocenters. The fourth-order valence-corrected chi connectivity index (χ4v) is 2.41. The van der Waals surface area contributed by atoms with Crippen LogP contribution in [-0.4, -0.2) is 28.5 Å². The van der Waals surface area contributed by atoms with Crippen LogP contribution in [0.4, 0.5) is 21.7 Å². The van der Waals surface area contributed by atoms with Crippen LogP contribution < -0.4 is 10.6 Å². The van der Waals surface area contributed by atoms with Crippen molar-refractivity contribution in [3.63, 3.8) is 0 Å². The van der Waals surface area contributed by atoms with Crippen LogP contribution in [0.25, 0.3) is 0 Å². The van der Waals surface area contributed by atoms with Crippen molar-refractivity contribution in [2.45, 2.75) is 6.92 Å². The molecular formula is C20H17FN4O3. The van der Waals surface area contributed by atoms with E-state index >= 15 is 0 Å². The molecule has 3 aromatic rings. The lowest BCUT2D eigenvalue weighted by Gasteiger charge is -2.11. The molecule has 0 aliphatic carbocycles. The van der Waals surface area contributed by atoms with E-state index in [1.807, 2.05) is 0 Å². The molecule has 0 aliphatic heterocycles. The van der Waals surface area contributed by atoms with Gasteiger partial charge in [-0.05, 0) is 43.3 Å². The van der Waals surface area contributed by atoms with Crippen molar-refractivity contribution in [2.75, 3.05) is 17.2 Å². The Morgan fingerprint density at radius 3 is 2.71 bits per heavy atom. The Labute approximate surface area is 160 Å². The first-order chi connectivity index (χ1) is 13.6. The molecule has 3 rings (SSSR count). The van der Waals surface area contributed by atoms with Gasteiger partial charge < -0.3 is 15.4 Å². The third-order valence-electron chi connectivity index (χ3n) is 3.64. The van der Waals surface area contributed by atoms with E-state index in [2.05, 4.69) is 20.6 Å². The molecule has 1 aromatic heterocycles. The fourth-order valence-electron chi connectivity index (χ4n) is 2.41. The van der Waals surface area contributed by atoms with Gasteiger partial charge in [0.1, 0.15) is 11.5 Å². The molecule has 0 saturated heterocycles. The number of esters is 1. The van der Waals surface area contributed by atoms with E-state index in [0.29, 0.717) is 16.9 Å². The van der Waals surface area contributed by atoms with Crippen LogP contribution in [0.15, 0.2) is 60.8 Å². The SMILES string of the molecule is CCOC(=O)c1ccccc1Nc1nccc(C(=O)Nc2cccc(F)c2)n1. The van der Waals surface area contributed by atoms with E-state index in [0.717, 1.165) is 0 Å². The quantitative estimate of drug-likeness (QED) is 0.632. The van der Waals surface area contributed by atoms with Gasteiger partial charge in [0.15, 0.2) is 0 Å². The molecule has 0 fully saturated rings. The van der Waals surface area contributed by atoms with E-state index < -0.39 is 17.7 Å². The van der Waals surface area contributed by atoms with E-state index in [4.69, 9.17) is 4.74 Å². The molecule has 2 N–H and O–H groups in total. The Morgan fingerprint density at radius 1 is 1.11 bits per heavy atom. The number of carbonyl (C=O) groups is 2. The number of para-hydroxylation sites is 1. The normalized spacial score (nSPS) is 10.2. The van der Waals surface area contributed by atoms with Gasteiger partial charge in [-0.3, -0.25) is 4.79 Å². The number of nitrogens with one attached hydrogen (secondary N) is 2. The van der Waals surface area contributed by atoms with E-state index in [9.17, 15) is 14.0 Å². The lowest BCUT2D eigenvalue weighted by atomic mass is 10.2. The number of hydrogen-bond donors (Lipinski definition) is 2. The van der Waals surface area contributed by atoms with Crippen LogP contribution in [0.3, 0.4) is 0 Å². The Morgan fingerprint density at radius 2 is 1.93 bits per heavy atom. The largest absolute Gasteiger partial charge is 0.462 e. The predicted octanol–water partition coefficient (Wildman–Crippen LogP) is 3.79. The number of aromatic nitrogens is 2. The summed E-state index contributed by atoms with van der Waals surface area (Å²) in [7, 11) is 0. The van der Waals surface area contributed by atoms with Crippen LogP contribution in [0.1, 0.15) is 27.8 Å². The van der Waals surface area contributed by atoms with Crippen molar-refractivity contribution in [1.82, 2.24) is 9.97 Å². The van der Waals surface area contributed by atoms with Gasteiger partial charge >= 0.3 is 5.97 Å². The predicted molar refractivity (Wildman–Crippen MR) is 102 cm³/mol. The summed E-state index contributed by atoms with van der Waals surface area (Å²) in [5, 5.41) is 5.48. The van der Waals surface area contributed by atoms with Crippen molar-refractivity contribution in [1.29, 1.82) is 0 Å². The molecule has 0 spiro atoms. The second kappa shape index (κ2) is 8.72. The Bertz CT molecular complexity index is 1010. The van der Waals surface area contributed by atoms with Crippen molar-refractivity contribution in [2.24, 2.45) is 0 Å². The van der Waals surface area contributed by atoms with Crippen molar-refractivity contribution in [3.05, 3.63) is 77.9 Å². The number of amides is 1. The monoisotopic (exact) mass is 380 g/mol. The van der Waals surface area contributed by atoms with Gasteiger partial charge in [-0.1, -0.05) is 18.2 Å². The second-order valence-corrected chi connectivity index (χ2v) is 5.62. The summed E-state index contributed by atoms with van der Waals surface area (Å²) in [6.45, 7) is 1.97. The number of hydrogen-bond acceptors (Lipinski definition) is 6. The van der Waals surface area contributed by atoms with Crippen LogP contribution >= 0.6 is 0 Å². The van der Waals surface area contributed by atoms with Gasteiger partial charge in [0, 0.05) is 11.9 Å². The molecule has 8 heteroatoms. The summed E-state index contributed by atoms with van der Waals surface area (Å²) < 4.78 is 18.3. The van der Waals surface area contributed by atoms with Crippen molar-refractivity contribution < 1.29 is 18.7 Å². The molecule has 2 aromatic carbocycles. The molecule has 0 radical (unpaired) electrons. The summed E-state index contributed by atoms with van der Waals surface area (Å²) in [4.78, 5) is 32.7. The third-order valence-corrected chi connectivity index (χ3v) is 3.64. The fraction of sp³-hybridized carbons (Fsp3) is 0.100. The Kier molecular flexibility index (Phi) is 5.91. The number of nitrogens with zero attached hydrogens (tertiary/aromatic N) is 2. The molecular weight excluding hydrogens is 363 g/mol. The average Bonchev–Trinajstić information content (AvgIpc) is 2.69. The molecule has 1 amide bonds. The first-order valence-electron chi connectivity index (χ1n) is 8.50. The topological polar surface area (TPSA) is 93.2 Å². The zero-order chi connectivity index (χ0) is 19.9. The summed E-state index contributed by atoms with van der Waals surface area (Å²) in [6.07, 6.45) is 1.41. The van der Waals surface area contributed by atoms with Gasteiger partial charge in [-0.2, -0.15) is 0 Å². The number of rotatable bonds is 6. The minimum absolute atomic E-state index is 0.0791. The van der Waals surface area contributed by atoms with Crippen molar-refractivity contribution >= 4 is 29.2 Å². The number of ether oxygens (including phenoxy) is 1. The highest BCUT2D eigenvalue weighted by atomic mass is 19.1. The maximum absolute atomic E-state index is 13.3. The number of benzene rings is 2. The maximum Gasteiger partial charge on any atom is 0.340 e. The Hall–Kier alpha value is -3.81. The first kappa shape index (κ1) is 19.0. The van der Waals surface area contributed by atoms with Crippen LogP contribution in [0.5, 0.6) is 0 Å². The lowest BCUT2D eigenvalue weighted by Crippen LogP contribution is -2.15. The second-order valence-electron chi connectivity index (χ2n) is 5.62. The van der Waals surface area contributed by atoms with E-state index in [1.165, 1.54) is 30.5 Å². The van der Waals surface area contributed by atoms with E-state index in [1.54, 1.807) is 37.3 Å². The molecule has 28 heavy (non-hydrogen) atoms. The molecule has 0 aliphatic rings. The van der Waals surface area contributed by atoms with Crippen LogP contribution in [0, 0.1) is 5.82 Å². The molecule has 1 heterocycles. The highest BCUT2D eigenvalue weighted by molar-refractivity contribution is 6.03. The van der Waals surface area contributed by atoms with Gasteiger partial charge in [0.2, 0.25) is 5.95 Å².